The molecule has 0 saturated carbocycles. The second-order valence-corrected chi connectivity index (χ2v) is 4.95. The summed E-state index contributed by atoms with van der Waals surface area (Å²) in [6, 6.07) is 0.132. The van der Waals surface area contributed by atoms with Gasteiger partial charge in [0.15, 0.2) is 0 Å². The van der Waals surface area contributed by atoms with Crippen molar-refractivity contribution in [3.63, 3.8) is 0 Å². The second-order valence-electron chi connectivity index (χ2n) is 4.95. The van der Waals surface area contributed by atoms with Gasteiger partial charge in [0.1, 0.15) is 6.04 Å². The molecule has 0 spiro atoms. The number of morpholine rings is 1. The second kappa shape index (κ2) is 6.87. The van der Waals surface area contributed by atoms with E-state index in [1.807, 2.05) is 6.08 Å². The number of nitrogens with one attached hydrogen (secondary N) is 2. The molecule has 0 aromatic carbocycles. The van der Waals surface area contributed by atoms with E-state index in [2.05, 4.69) is 22.1 Å². The highest BCUT2D eigenvalue weighted by Gasteiger charge is 2.25. The zero-order valence-corrected chi connectivity index (χ0v) is 10.9. The van der Waals surface area contributed by atoms with Crippen molar-refractivity contribution in [2.45, 2.75) is 24.9 Å². The summed E-state index contributed by atoms with van der Waals surface area (Å²) in [7, 11) is 0. The lowest BCUT2D eigenvalue weighted by Crippen LogP contribution is -2.54. The molecule has 5 nitrogen and oxygen atoms in total. The molecule has 18 heavy (non-hydrogen) atoms. The molecule has 2 aliphatic rings. The standard InChI is InChI=1S/C13H23N3O2/c1-2-6-16-7-3-11(4-8-16)15-13(17)12-10-18-9-5-14-12/h2,11-12,14H,1,3-10H2,(H,15,17). The predicted octanol–water partition coefficient (Wildman–Crippen LogP) is -0.259. The first-order valence-electron chi connectivity index (χ1n) is 6.74. The van der Waals surface area contributed by atoms with Gasteiger partial charge >= 0.3 is 0 Å². The summed E-state index contributed by atoms with van der Waals surface area (Å²) in [6.07, 6.45) is 3.97. The molecule has 2 aliphatic heterocycles. The Morgan fingerprint density at radius 3 is 2.89 bits per heavy atom. The first-order chi connectivity index (χ1) is 8.79. The lowest BCUT2D eigenvalue weighted by molar-refractivity contribution is -0.126. The summed E-state index contributed by atoms with van der Waals surface area (Å²) in [6.45, 7) is 8.70. The normalized spacial score (nSPS) is 26.8. The summed E-state index contributed by atoms with van der Waals surface area (Å²) in [5.41, 5.74) is 0. The number of piperidine rings is 1. The van der Waals surface area contributed by atoms with Gasteiger partial charge in [0.05, 0.1) is 13.2 Å². The Hall–Kier alpha value is -0.910. The number of hydrogen-bond acceptors (Lipinski definition) is 4. The lowest BCUT2D eigenvalue weighted by Gasteiger charge is -2.33. The summed E-state index contributed by atoms with van der Waals surface area (Å²) >= 11 is 0. The Morgan fingerprint density at radius 2 is 2.28 bits per heavy atom. The van der Waals surface area contributed by atoms with Crippen molar-refractivity contribution in [2.75, 3.05) is 39.4 Å². The molecular weight excluding hydrogens is 230 g/mol. The fraction of sp³-hybridized carbons (Fsp3) is 0.769. The van der Waals surface area contributed by atoms with Crippen LogP contribution in [-0.2, 0) is 9.53 Å². The van der Waals surface area contributed by atoms with Gasteiger partial charge in [-0.05, 0) is 12.8 Å². The maximum Gasteiger partial charge on any atom is 0.239 e. The van der Waals surface area contributed by atoms with Gasteiger partial charge in [-0.25, -0.2) is 0 Å². The smallest absolute Gasteiger partial charge is 0.239 e. The molecule has 2 fully saturated rings. The molecule has 0 radical (unpaired) electrons. The Bertz CT molecular complexity index is 282. The summed E-state index contributed by atoms with van der Waals surface area (Å²) < 4.78 is 5.30. The number of carbonyl (C=O) groups excluding carboxylic acids is 1. The number of rotatable bonds is 4. The molecule has 102 valence electrons. The number of carbonyl (C=O) groups is 1. The first-order valence-corrected chi connectivity index (χ1v) is 6.74. The minimum Gasteiger partial charge on any atom is -0.378 e. The number of likely N-dealkylation sites (tertiary alicyclic amines) is 1. The highest BCUT2D eigenvalue weighted by atomic mass is 16.5. The van der Waals surface area contributed by atoms with Crippen LogP contribution in [0.25, 0.3) is 0 Å². The number of ether oxygens (including phenoxy) is 1. The average Bonchev–Trinajstić information content (AvgIpc) is 2.42. The maximum absolute atomic E-state index is 12.0. The van der Waals surface area contributed by atoms with Crippen LogP contribution in [0.5, 0.6) is 0 Å². The molecule has 2 rings (SSSR count). The zero-order valence-electron chi connectivity index (χ0n) is 10.9. The molecule has 2 N–H and O–H groups in total. The van der Waals surface area contributed by atoms with Crippen LogP contribution in [0, 0.1) is 0 Å². The van der Waals surface area contributed by atoms with E-state index >= 15 is 0 Å². The molecule has 1 amide bonds. The largest absolute Gasteiger partial charge is 0.378 e. The SMILES string of the molecule is C=CCN1CCC(NC(=O)C2COCCN2)CC1. The number of nitrogens with zero attached hydrogens (tertiary/aromatic N) is 1. The highest BCUT2D eigenvalue weighted by Crippen LogP contribution is 2.10. The topological polar surface area (TPSA) is 53.6 Å². The van der Waals surface area contributed by atoms with E-state index in [1.54, 1.807) is 0 Å². The van der Waals surface area contributed by atoms with E-state index in [1.165, 1.54) is 0 Å². The third-order valence-electron chi connectivity index (χ3n) is 3.56. The molecule has 1 atom stereocenters. The predicted molar refractivity (Wildman–Crippen MR) is 70.4 cm³/mol. The quantitative estimate of drug-likeness (QED) is 0.678. The Morgan fingerprint density at radius 1 is 1.50 bits per heavy atom. The molecule has 1 unspecified atom stereocenters. The van der Waals surface area contributed by atoms with E-state index in [-0.39, 0.29) is 11.9 Å². The Labute approximate surface area is 109 Å². The van der Waals surface area contributed by atoms with Crippen LogP contribution in [0.4, 0.5) is 0 Å². The molecule has 0 aromatic heterocycles. The molecular formula is C13H23N3O2. The Kier molecular flexibility index (Phi) is 5.16. The molecule has 2 heterocycles. The van der Waals surface area contributed by atoms with Crippen molar-refractivity contribution in [1.82, 2.24) is 15.5 Å². The van der Waals surface area contributed by atoms with Crippen LogP contribution in [-0.4, -0.2) is 62.3 Å². The van der Waals surface area contributed by atoms with Gasteiger partial charge in [0.2, 0.25) is 5.91 Å². The van der Waals surface area contributed by atoms with Crippen molar-refractivity contribution < 1.29 is 9.53 Å². The van der Waals surface area contributed by atoms with Crippen LogP contribution in [0.1, 0.15) is 12.8 Å². The maximum atomic E-state index is 12.0. The minimum atomic E-state index is -0.176. The third-order valence-corrected chi connectivity index (χ3v) is 3.56. The number of hydrogen-bond donors (Lipinski definition) is 2. The van der Waals surface area contributed by atoms with E-state index in [0.717, 1.165) is 39.0 Å². The van der Waals surface area contributed by atoms with Crippen LogP contribution >= 0.6 is 0 Å². The van der Waals surface area contributed by atoms with Gasteiger partial charge in [0, 0.05) is 32.2 Å². The fourth-order valence-corrected chi connectivity index (χ4v) is 2.48. The summed E-state index contributed by atoms with van der Waals surface area (Å²) in [5.74, 6) is 0.0804. The van der Waals surface area contributed by atoms with Gasteiger partial charge in [0.25, 0.3) is 0 Å². The van der Waals surface area contributed by atoms with Gasteiger partial charge in [-0.2, -0.15) is 0 Å². The molecule has 2 saturated heterocycles. The van der Waals surface area contributed by atoms with Gasteiger partial charge in [-0.3, -0.25) is 9.69 Å². The molecule has 5 heteroatoms. The van der Waals surface area contributed by atoms with E-state index < -0.39 is 0 Å². The van der Waals surface area contributed by atoms with Gasteiger partial charge in [-0.1, -0.05) is 6.08 Å². The Balaban J connectivity index is 1.70. The van der Waals surface area contributed by atoms with Crippen molar-refractivity contribution >= 4 is 5.91 Å². The van der Waals surface area contributed by atoms with E-state index in [0.29, 0.717) is 19.3 Å². The lowest BCUT2D eigenvalue weighted by atomic mass is 10.0. The minimum absolute atomic E-state index is 0.0804. The highest BCUT2D eigenvalue weighted by molar-refractivity contribution is 5.82. The first kappa shape index (κ1) is 13.5. The monoisotopic (exact) mass is 253 g/mol. The van der Waals surface area contributed by atoms with E-state index in [4.69, 9.17) is 4.74 Å². The third kappa shape index (κ3) is 3.80. The fourth-order valence-electron chi connectivity index (χ4n) is 2.48. The summed E-state index contributed by atoms with van der Waals surface area (Å²) in [4.78, 5) is 14.3. The summed E-state index contributed by atoms with van der Waals surface area (Å²) in [5, 5.41) is 6.29. The van der Waals surface area contributed by atoms with E-state index in [9.17, 15) is 4.79 Å². The van der Waals surface area contributed by atoms with Crippen molar-refractivity contribution in [3.8, 4) is 0 Å². The zero-order chi connectivity index (χ0) is 12.8. The van der Waals surface area contributed by atoms with Crippen LogP contribution in [0.3, 0.4) is 0 Å². The average molecular weight is 253 g/mol. The molecule has 0 aromatic rings. The van der Waals surface area contributed by atoms with Crippen LogP contribution < -0.4 is 10.6 Å². The van der Waals surface area contributed by atoms with Gasteiger partial charge < -0.3 is 15.4 Å². The molecule has 0 bridgehead atoms. The van der Waals surface area contributed by atoms with Crippen LogP contribution in [0.15, 0.2) is 12.7 Å². The molecule has 0 aliphatic carbocycles. The van der Waals surface area contributed by atoms with Crippen molar-refractivity contribution in [2.24, 2.45) is 0 Å². The van der Waals surface area contributed by atoms with Crippen molar-refractivity contribution in [3.05, 3.63) is 12.7 Å². The van der Waals surface area contributed by atoms with Crippen molar-refractivity contribution in [1.29, 1.82) is 0 Å². The number of amides is 1. The van der Waals surface area contributed by atoms with Crippen LogP contribution in [0.2, 0.25) is 0 Å². The van der Waals surface area contributed by atoms with Gasteiger partial charge in [-0.15, -0.1) is 6.58 Å².